The van der Waals surface area contributed by atoms with Gasteiger partial charge in [0, 0.05) is 5.92 Å². The maximum absolute atomic E-state index is 4.30. The molecule has 0 N–H and O–H groups in total. The van der Waals surface area contributed by atoms with E-state index in [4.69, 9.17) is 0 Å². The Morgan fingerprint density at radius 3 is 2.04 bits per heavy atom. The molecule has 0 radical (unpaired) electrons. The number of benzene rings is 3. The van der Waals surface area contributed by atoms with E-state index in [1.54, 1.807) is 10.8 Å². The van der Waals surface area contributed by atoms with Crippen molar-refractivity contribution in [2.45, 2.75) is 120 Å². The molecule has 0 nitrogen and oxygen atoms in total. The predicted molar refractivity (Wildman–Crippen MR) is 211 cm³/mol. The fourth-order valence-corrected chi connectivity index (χ4v) is 8.93. The van der Waals surface area contributed by atoms with E-state index in [0.717, 1.165) is 30.6 Å². The number of rotatable bonds is 7. The maximum atomic E-state index is 4.30. The second-order valence-corrected chi connectivity index (χ2v) is 18.0. The molecular formula is C48H62. The summed E-state index contributed by atoms with van der Waals surface area (Å²) >= 11 is 0. The van der Waals surface area contributed by atoms with Gasteiger partial charge in [-0.15, -0.1) is 0 Å². The van der Waals surface area contributed by atoms with Crippen LogP contribution in [0.2, 0.25) is 0 Å². The molecule has 4 aliphatic carbocycles. The topological polar surface area (TPSA) is 0 Å². The highest BCUT2D eigenvalue weighted by molar-refractivity contribution is 5.93. The molecule has 7 rings (SSSR count). The zero-order valence-electron chi connectivity index (χ0n) is 31.7. The molecule has 0 heterocycles. The molecule has 3 aromatic carbocycles. The summed E-state index contributed by atoms with van der Waals surface area (Å²) in [6.45, 7) is 24.5. The van der Waals surface area contributed by atoms with Gasteiger partial charge in [0.25, 0.3) is 0 Å². The molecule has 2 fully saturated rings. The Morgan fingerprint density at radius 2 is 1.46 bits per heavy atom. The number of hydrogen-bond acceptors (Lipinski definition) is 0. The molecule has 1 unspecified atom stereocenters. The van der Waals surface area contributed by atoms with Crippen molar-refractivity contribution in [1.29, 1.82) is 0 Å². The van der Waals surface area contributed by atoms with Crippen molar-refractivity contribution in [1.82, 2.24) is 0 Å². The van der Waals surface area contributed by atoms with Crippen LogP contribution in [0, 0.1) is 48.9 Å². The molecule has 2 saturated carbocycles. The van der Waals surface area contributed by atoms with Crippen molar-refractivity contribution in [3.05, 3.63) is 105 Å². The van der Waals surface area contributed by atoms with Crippen LogP contribution in [0.3, 0.4) is 0 Å². The van der Waals surface area contributed by atoms with Gasteiger partial charge in [-0.05, 0) is 149 Å². The third-order valence-electron chi connectivity index (χ3n) is 11.5. The van der Waals surface area contributed by atoms with Gasteiger partial charge in [0.15, 0.2) is 0 Å². The number of fused-ring (bicyclic) bond motifs is 2. The van der Waals surface area contributed by atoms with Gasteiger partial charge in [-0.1, -0.05) is 139 Å². The minimum Gasteiger partial charge on any atom is -0.0998 e. The molecule has 3 aromatic rings. The van der Waals surface area contributed by atoms with E-state index in [0.29, 0.717) is 17.3 Å². The van der Waals surface area contributed by atoms with E-state index in [1.165, 1.54) is 106 Å². The van der Waals surface area contributed by atoms with Crippen LogP contribution in [0.5, 0.6) is 0 Å². The van der Waals surface area contributed by atoms with E-state index in [1.807, 2.05) is 0 Å². The Balaban J connectivity index is 0.000000749. The van der Waals surface area contributed by atoms with Crippen LogP contribution in [0.15, 0.2) is 60.7 Å². The van der Waals surface area contributed by atoms with Crippen molar-refractivity contribution in [3.63, 3.8) is 0 Å². The molecule has 4 aliphatic rings. The van der Waals surface area contributed by atoms with Gasteiger partial charge >= 0.3 is 0 Å². The molecule has 0 saturated heterocycles. The molecule has 48 heavy (non-hydrogen) atoms. The van der Waals surface area contributed by atoms with Crippen LogP contribution >= 0.6 is 0 Å². The van der Waals surface area contributed by atoms with E-state index in [9.17, 15) is 0 Å². The average molecular weight is 639 g/mol. The first kappa shape index (κ1) is 34.7. The predicted octanol–water partition coefficient (Wildman–Crippen LogP) is 12.1. The fraction of sp³-hybridized carbons (Fsp3) is 0.500. The monoisotopic (exact) mass is 638 g/mol. The largest absolute Gasteiger partial charge is 0.0998 e. The summed E-state index contributed by atoms with van der Waals surface area (Å²) in [6.07, 6.45) is 17.2. The van der Waals surface area contributed by atoms with Crippen LogP contribution in [0.1, 0.15) is 127 Å². The van der Waals surface area contributed by atoms with Crippen LogP contribution < -0.4 is 10.4 Å². The van der Waals surface area contributed by atoms with Crippen LogP contribution in [-0.4, -0.2) is 0 Å². The summed E-state index contributed by atoms with van der Waals surface area (Å²) in [4.78, 5) is 0. The molecule has 0 aliphatic heterocycles. The lowest BCUT2D eigenvalue weighted by atomic mass is 9.66. The normalized spacial score (nSPS) is 21.9. The van der Waals surface area contributed by atoms with Crippen molar-refractivity contribution < 1.29 is 0 Å². The summed E-state index contributed by atoms with van der Waals surface area (Å²) in [5.74, 6) is 4.04. The van der Waals surface area contributed by atoms with Crippen molar-refractivity contribution in [2.24, 2.45) is 35.0 Å². The van der Waals surface area contributed by atoms with Gasteiger partial charge in [-0.2, -0.15) is 0 Å². The lowest BCUT2D eigenvalue weighted by Crippen LogP contribution is -2.30. The molecule has 0 amide bonds. The first-order chi connectivity index (χ1) is 22.8. The maximum Gasteiger partial charge on any atom is 0.00210 e. The third kappa shape index (κ3) is 7.54. The van der Waals surface area contributed by atoms with Crippen LogP contribution in [0.4, 0.5) is 0 Å². The SMILES string of the molecule is C=C(C)Cc1c(C)cc2c(c1-c1ccc(C)cc1)CC(c1ccc3c(c1)=C(C1CCC(C4CCC4)CC1)C(C(C)C)C=3)=C2.CC(C)(C)C. The van der Waals surface area contributed by atoms with Gasteiger partial charge in [0.05, 0.1) is 0 Å². The third-order valence-corrected chi connectivity index (χ3v) is 11.5. The summed E-state index contributed by atoms with van der Waals surface area (Å²) in [6, 6.07) is 19.0. The minimum absolute atomic E-state index is 0.500. The minimum atomic E-state index is 0.500. The lowest BCUT2D eigenvalue weighted by Gasteiger charge is -2.40. The van der Waals surface area contributed by atoms with Crippen LogP contribution in [-0.2, 0) is 12.8 Å². The molecule has 1 atom stereocenters. The molecule has 254 valence electrons. The van der Waals surface area contributed by atoms with Gasteiger partial charge < -0.3 is 0 Å². The Morgan fingerprint density at radius 1 is 0.833 bits per heavy atom. The second-order valence-electron chi connectivity index (χ2n) is 18.0. The van der Waals surface area contributed by atoms with Gasteiger partial charge in [0.1, 0.15) is 0 Å². The fourth-order valence-electron chi connectivity index (χ4n) is 8.93. The van der Waals surface area contributed by atoms with E-state index in [-0.39, 0.29) is 0 Å². The first-order valence-corrected chi connectivity index (χ1v) is 19.2. The second kappa shape index (κ2) is 14.0. The van der Waals surface area contributed by atoms with Crippen LogP contribution in [0.25, 0.3) is 34.4 Å². The summed E-state index contributed by atoms with van der Waals surface area (Å²) in [7, 11) is 0. The van der Waals surface area contributed by atoms with E-state index >= 15 is 0 Å². The molecule has 0 bridgehead atoms. The average Bonchev–Trinajstić information content (AvgIpc) is 3.58. The van der Waals surface area contributed by atoms with E-state index < -0.39 is 0 Å². The van der Waals surface area contributed by atoms with Crippen molar-refractivity contribution in [2.75, 3.05) is 0 Å². The Kier molecular flexibility index (Phi) is 10.1. The number of aryl methyl sites for hydroxylation is 2. The summed E-state index contributed by atoms with van der Waals surface area (Å²) in [5.41, 5.74) is 16.2. The van der Waals surface area contributed by atoms with E-state index in [2.05, 4.69) is 130 Å². The Labute approximate surface area is 293 Å². The van der Waals surface area contributed by atoms with Gasteiger partial charge in [0.2, 0.25) is 0 Å². The van der Waals surface area contributed by atoms with Crippen molar-refractivity contribution >= 4 is 23.3 Å². The zero-order chi connectivity index (χ0) is 34.3. The molecule has 0 aromatic heterocycles. The standard InChI is InChI=1S/C43H50.C5H12/c1-26(2)20-39-29(6)21-37-22-36(25-41(37)43(39)32-12-10-28(5)11-13-32)34-18-19-35-24-38(27(3)4)42(40(35)23-34)33-16-14-31(15-17-33)30-8-7-9-30;1-5(2,3)4/h10-13,18-19,21-24,27,30-31,33,38H,1,7-9,14-17,20,25H2,2-6H3;1-4H3. The molecule has 0 heteroatoms. The Bertz CT molecular complexity index is 1800. The smallest absolute Gasteiger partial charge is 0.00210 e. The van der Waals surface area contributed by atoms with Gasteiger partial charge in [-0.25, -0.2) is 0 Å². The van der Waals surface area contributed by atoms with Crippen molar-refractivity contribution in [3.8, 4) is 11.1 Å². The highest BCUT2D eigenvalue weighted by Crippen LogP contribution is 2.47. The number of allylic oxidation sites excluding steroid dienone is 2. The summed E-state index contributed by atoms with van der Waals surface area (Å²) in [5, 5.41) is 3.05. The summed E-state index contributed by atoms with van der Waals surface area (Å²) < 4.78 is 0. The Hall–Kier alpha value is -3.12. The zero-order valence-corrected chi connectivity index (χ0v) is 31.7. The van der Waals surface area contributed by atoms with Gasteiger partial charge in [-0.3, -0.25) is 0 Å². The highest BCUT2D eigenvalue weighted by Gasteiger charge is 2.35. The first-order valence-electron chi connectivity index (χ1n) is 19.2. The quantitative estimate of drug-likeness (QED) is 0.226. The lowest BCUT2D eigenvalue weighted by molar-refractivity contribution is 0.149. The number of hydrogen-bond donors (Lipinski definition) is 0. The molecule has 0 spiro atoms. The molecular weight excluding hydrogens is 577 g/mol. The highest BCUT2D eigenvalue weighted by atomic mass is 14.4.